The zero-order chi connectivity index (χ0) is 17.5. The SMILES string of the molecule is CCCNC(=O)[C@H](C)NC(=O)COc1ccc2cc(Br)ccc2c1. The molecule has 5 nitrogen and oxygen atoms in total. The van der Waals surface area contributed by atoms with Crippen LogP contribution in [0, 0.1) is 0 Å². The maximum Gasteiger partial charge on any atom is 0.258 e. The number of carbonyl (C=O) groups excluding carboxylic acids is 2. The Morgan fingerprint density at radius 3 is 2.62 bits per heavy atom. The summed E-state index contributed by atoms with van der Waals surface area (Å²) in [4.78, 5) is 23.6. The van der Waals surface area contributed by atoms with Crippen LogP contribution in [-0.4, -0.2) is 31.0 Å². The van der Waals surface area contributed by atoms with Gasteiger partial charge in [0, 0.05) is 11.0 Å². The first-order chi connectivity index (χ1) is 11.5. The lowest BCUT2D eigenvalue weighted by Crippen LogP contribution is -2.46. The number of fused-ring (bicyclic) bond motifs is 1. The van der Waals surface area contributed by atoms with E-state index in [0.29, 0.717) is 12.3 Å². The third-order valence-electron chi connectivity index (χ3n) is 3.46. The molecular weight excluding hydrogens is 372 g/mol. The van der Waals surface area contributed by atoms with Crippen molar-refractivity contribution in [2.24, 2.45) is 0 Å². The Bertz CT molecular complexity index is 733. The molecule has 0 aliphatic heterocycles. The van der Waals surface area contributed by atoms with Gasteiger partial charge in [0.1, 0.15) is 11.8 Å². The highest BCUT2D eigenvalue weighted by molar-refractivity contribution is 9.10. The molecule has 6 heteroatoms. The Labute approximate surface area is 149 Å². The smallest absolute Gasteiger partial charge is 0.258 e. The molecule has 0 saturated carbocycles. The van der Waals surface area contributed by atoms with Gasteiger partial charge >= 0.3 is 0 Å². The van der Waals surface area contributed by atoms with Gasteiger partial charge in [-0.15, -0.1) is 0 Å². The molecule has 0 heterocycles. The first kappa shape index (κ1) is 18.3. The summed E-state index contributed by atoms with van der Waals surface area (Å²) in [6.45, 7) is 4.09. The summed E-state index contributed by atoms with van der Waals surface area (Å²) in [6.07, 6.45) is 0.855. The number of halogens is 1. The molecule has 2 aromatic carbocycles. The van der Waals surface area contributed by atoms with E-state index in [0.717, 1.165) is 21.7 Å². The standard InChI is InChI=1S/C18H21BrN2O3/c1-3-8-20-18(23)12(2)21-17(22)11-24-16-7-5-13-9-15(19)6-4-14(13)10-16/h4-7,9-10,12H,3,8,11H2,1-2H3,(H,20,23)(H,21,22)/t12-/m0/s1. The molecule has 0 bridgehead atoms. The number of hydrogen-bond donors (Lipinski definition) is 2. The van der Waals surface area contributed by atoms with Crippen LogP contribution in [0.1, 0.15) is 20.3 Å². The average molecular weight is 393 g/mol. The summed E-state index contributed by atoms with van der Waals surface area (Å²) in [5, 5.41) is 7.48. The lowest BCUT2D eigenvalue weighted by Gasteiger charge is -2.14. The van der Waals surface area contributed by atoms with Gasteiger partial charge in [-0.05, 0) is 48.4 Å². The molecule has 0 aromatic heterocycles. The van der Waals surface area contributed by atoms with Crippen LogP contribution in [0.15, 0.2) is 40.9 Å². The fraction of sp³-hybridized carbons (Fsp3) is 0.333. The van der Waals surface area contributed by atoms with Crippen molar-refractivity contribution < 1.29 is 14.3 Å². The summed E-state index contributed by atoms with van der Waals surface area (Å²) >= 11 is 3.43. The lowest BCUT2D eigenvalue weighted by molar-refractivity contribution is -0.129. The van der Waals surface area contributed by atoms with Gasteiger partial charge < -0.3 is 15.4 Å². The predicted molar refractivity (Wildman–Crippen MR) is 98.0 cm³/mol. The fourth-order valence-electron chi connectivity index (χ4n) is 2.18. The van der Waals surface area contributed by atoms with E-state index in [1.165, 1.54) is 0 Å². The predicted octanol–water partition coefficient (Wildman–Crippen LogP) is 3.01. The molecule has 0 aliphatic rings. The van der Waals surface area contributed by atoms with Crippen molar-refractivity contribution in [1.29, 1.82) is 0 Å². The summed E-state index contributed by atoms with van der Waals surface area (Å²) in [5.74, 6) is 0.0922. The first-order valence-corrected chi connectivity index (χ1v) is 8.68. The highest BCUT2D eigenvalue weighted by Crippen LogP contribution is 2.24. The molecule has 0 spiro atoms. The number of benzene rings is 2. The minimum atomic E-state index is -0.582. The van der Waals surface area contributed by atoms with E-state index in [4.69, 9.17) is 4.74 Å². The van der Waals surface area contributed by atoms with Crippen LogP contribution in [0.5, 0.6) is 5.75 Å². The topological polar surface area (TPSA) is 67.4 Å². The fourth-order valence-corrected chi connectivity index (χ4v) is 2.56. The van der Waals surface area contributed by atoms with E-state index in [-0.39, 0.29) is 18.4 Å². The normalized spacial score (nSPS) is 11.8. The third kappa shape index (κ3) is 5.23. The van der Waals surface area contributed by atoms with Crippen molar-refractivity contribution in [3.63, 3.8) is 0 Å². The van der Waals surface area contributed by atoms with E-state index in [1.54, 1.807) is 6.92 Å². The molecule has 2 N–H and O–H groups in total. The molecule has 0 aliphatic carbocycles. The highest BCUT2D eigenvalue weighted by atomic mass is 79.9. The maximum atomic E-state index is 11.9. The van der Waals surface area contributed by atoms with Crippen molar-refractivity contribution in [1.82, 2.24) is 10.6 Å². The lowest BCUT2D eigenvalue weighted by atomic mass is 10.1. The third-order valence-corrected chi connectivity index (χ3v) is 3.96. The molecule has 0 fully saturated rings. The number of hydrogen-bond acceptors (Lipinski definition) is 3. The Hall–Kier alpha value is -2.08. The summed E-state index contributed by atoms with van der Waals surface area (Å²) in [6, 6.07) is 11.0. The number of nitrogens with one attached hydrogen (secondary N) is 2. The van der Waals surface area contributed by atoms with Crippen molar-refractivity contribution >= 4 is 38.5 Å². The molecule has 2 amide bonds. The zero-order valence-corrected chi connectivity index (χ0v) is 15.4. The second-order valence-corrected chi connectivity index (χ2v) is 6.44. The molecule has 0 saturated heterocycles. The molecular formula is C18H21BrN2O3. The monoisotopic (exact) mass is 392 g/mol. The summed E-state index contributed by atoms with van der Waals surface area (Å²) in [7, 11) is 0. The van der Waals surface area contributed by atoms with E-state index in [9.17, 15) is 9.59 Å². The molecule has 0 unspecified atom stereocenters. The van der Waals surface area contributed by atoms with Gasteiger partial charge in [0.25, 0.3) is 5.91 Å². The number of ether oxygens (including phenoxy) is 1. The number of carbonyl (C=O) groups is 2. The van der Waals surface area contributed by atoms with Crippen LogP contribution >= 0.6 is 15.9 Å². The summed E-state index contributed by atoms with van der Waals surface area (Å²) < 4.78 is 6.52. The van der Waals surface area contributed by atoms with Gasteiger partial charge in [0.05, 0.1) is 0 Å². The van der Waals surface area contributed by atoms with Gasteiger partial charge in [-0.2, -0.15) is 0 Å². The van der Waals surface area contributed by atoms with Gasteiger partial charge in [-0.3, -0.25) is 9.59 Å². The Morgan fingerprint density at radius 1 is 1.17 bits per heavy atom. The Balaban J connectivity index is 1.87. The van der Waals surface area contributed by atoms with E-state index in [2.05, 4.69) is 26.6 Å². The van der Waals surface area contributed by atoms with Crippen molar-refractivity contribution in [3.05, 3.63) is 40.9 Å². The average Bonchev–Trinajstić information content (AvgIpc) is 2.57. The second kappa shape index (κ2) is 8.68. The molecule has 0 radical (unpaired) electrons. The van der Waals surface area contributed by atoms with Gasteiger partial charge in [0.2, 0.25) is 5.91 Å². The van der Waals surface area contributed by atoms with Crippen molar-refractivity contribution in [2.75, 3.05) is 13.2 Å². The molecule has 128 valence electrons. The van der Waals surface area contributed by atoms with Gasteiger partial charge in [0.15, 0.2) is 6.61 Å². The van der Waals surface area contributed by atoms with Crippen LogP contribution in [-0.2, 0) is 9.59 Å². The minimum Gasteiger partial charge on any atom is -0.484 e. The van der Waals surface area contributed by atoms with Crippen molar-refractivity contribution in [3.8, 4) is 5.75 Å². The minimum absolute atomic E-state index is 0.132. The summed E-state index contributed by atoms with van der Waals surface area (Å²) in [5.41, 5.74) is 0. The van der Waals surface area contributed by atoms with Crippen LogP contribution in [0.25, 0.3) is 10.8 Å². The first-order valence-electron chi connectivity index (χ1n) is 7.89. The van der Waals surface area contributed by atoms with E-state index < -0.39 is 6.04 Å². The van der Waals surface area contributed by atoms with Crippen LogP contribution in [0.3, 0.4) is 0 Å². The van der Waals surface area contributed by atoms with E-state index in [1.807, 2.05) is 43.3 Å². The molecule has 1 atom stereocenters. The Kier molecular flexibility index (Phi) is 6.61. The van der Waals surface area contributed by atoms with Crippen molar-refractivity contribution in [2.45, 2.75) is 26.3 Å². The number of amides is 2. The Morgan fingerprint density at radius 2 is 1.88 bits per heavy atom. The second-order valence-electron chi connectivity index (χ2n) is 5.52. The van der Waals surface area contributed by atoms with Gasteiger partial charge in [-0.25, -0.2) is 0 Å². The van der Waals surface area contributed by atoms with E-state index >= 15 is 0 Å². The van der Waals surface area contributed by atoms with Gasteiger partial charge in [-0.1, -0.05) is 35.0 Å². The molecule has 2 aromatic rings. The van der Waals surface area contributed by atoms with Crippen LogP contribution in [0.4, 0.5) is 0 Å². The van der Waals surface area contributed by atoms with Crippen LogP contribution in [0.2, 0.25) is 0 Å². The quantitative estimate of drug-likeness (QED) is 0.760. The zero-order valence-electron chi connectivity index (χ0n) is 13.8. The number of rotatable bonds is 7. The highest BCUT2D eigenvalue weighted by Gasteiger charge is 2.15. The molecule has 24 heavy (non-hydrogen) atoms. The van der Waals surface area contributed by atoms with Crippen LogP contribution < -0.4 is 15.4 Å². The maximum absolute atomic E-state index is 11.9. The molecule has 2 rings (SSSR count). The largest absolute Gasteiger partial charge is 0.484 e.